The SMILES string of the molecule is COc1ccc(Cc2sc(NC(=O)CN3CCN(C)CC3)nc2C(C)(C)C)cc1. The Kier molecular flexibility index (Phi) is 6.93. The number of nitrogens with one attached hydrogen (secondary N) is 1. The molecule has 1 amide bonds. The van der Waals surface area contributed by atoms with Crippen LogP contribution in [0.15, 0.2) is 24.3 Å². The van der Waals surface area contributed by atoms with Crippen molar-refractivity contribution in [2.24, 2.45) is 0 Å². The molecule has 1 aromatic heterocycles. The van der Waals surface area contributed by atoms with E-state index in [1.165, 1.54) is 10.4 Å². The van der Waals surface area contributed by atoms with Crippen LogP contribution in [-0.2, 0) is 16.6 Å². The lowest BCUT2D eigenvalue weighted by Gasteiger charge is -2.31. The second kappa shape index (κ2) is 9.24. The van der Waals surface area contributed by atoms with Crippen molar-refractivity contribution in [3.63, 3.8) is 0 Å². The molecule has 2 heterocycles. The van der Waals surface area contributed by atoms with Gasteiger partial charge < -0.3 is 15.0 Å². The highest BCUT2D eigenvalue weighted by molar-refractivity contribution is 7.15. The van der Waals surface area contributed by atoms with Crippen LogP contribution in [0.4, 0.5) is 5.13 Å². The summed E-state index contributed by atoms with van der Waals surface area (Å²) in [4.78, 5) is 23.0. The van der Waals surface area contributed by atoms with Gasteiger partial charge in [-0.25, -0.2) is 4.98 Å². The standard InChI is InChI=1S/C22H32N4O2S/c1-22(2,3)20-18(14-16-6-8-17(28-5)9-7-16)29-21(24-20)23-19(27)15-26-12-10-25(4)11-13-26/h6-9H,10-15H2,1-5H3,(H,23,24,27). The largest absolute Gasteiger partial charge is 0.497 e. The predicted octanol–water partition coefficient (Wildman–Crippen LogP) is 3.23. The summed E-state index contributed by atoms with van der Waals surface area (Å²) in [6, 6.07) is 8.12. The summed E-state index contributed by atoms with van der Waals surface area (Å²) in [5.41, 5.74) is 2.17. The molecule has 1 aromatic carbocycles. The fourth-order valence-corrected chi connectivity index (χ4v) is 4.63. The van der Waals surface area contributed by atoms with Gasteiger partial charge in [0.25, 0.3) is 0 Å². The molecular weight excluding hydrogens is 384 g/mol. The van der Waals surface area contributed by atoms with Crippen LogP contribution in [-0.4, -0.2) is 67.6 Å². The van der Waals surface area contributed by atoms with Gasteiger partial charge in [0.2, 0.25) is 5.91 Å². The predicted molar refractivity (Wildman–Crippen MR) is 119 cm³/mol. The number of ether oxygens (including phenoxy) is 1. The number of nitrogens with zero attached hydrogens (tertiary/aromatic N) is 3. The van der Waals surface area contributed by atoms with E-state index in [-0.39, 0.29) is 11.3 Å². The lowest BCUT2D eigenvalue weighted by Crippen LogP contribution is -2.47. The quantitative estimate of drug-likeness (QED) is 0.784. The first-order valence-electron chi connectivity index (χ1n) is 10.1. The molecule has 158 valence electrons. The summed E-state index contributed by atoms with van der Waals surface area (Å²) >= 11 is 1.58. The minimum absolute atomic E-state index is 0.0137. The van der Waals surface area contributed by atoms with Crippen LogP contribution in [0.5, 0.6) is 5.75 Å². The van der Waals surface area contributed by atoms with Gasteiger partial charge in [0, 0.05) is 42.9 Å². The van der Waals surface area contributed by atoms with E-state index in [2.05, 4.69) is 55.1 Å². The van der Waals surface area contributed by atoms with Crippen LogP contribution in [0.3, 0.4) is 0 Å². The van der Waals surface area contributed by atoms with E-state index in [1.54, 1.807) is 18.4 Å². The molecule has 3 rings (SSSR count). The average Bonchev–Trinajstić information content (AvgIpc) is 3.06. The van der Waals surface area contributed by atoms with Gasteiger partial charge in [-0.2, -0.15) is 0 Å². The molecule has 7 heteroatoms. The summed E-state index contributed by atoms with van der Waals surface area (Å²) in [5, 5.41) is 3.72. The van der Waals surface area contributed by atoms with Crippen molar-refractivity contribution in [3.05, 3.63) is 40.4 Å². The smallest absolute Gasteiger partial charge is 0.240 e. The number of likely N-dealkylation sites (N-methyl/N-ethyl adjacent to an activating group) is 1. The maximum atomic E-state index is 12.5. The Balaban J connectivity index is 1.70. The normalized spacial score (nSPS) is 16.0. The number of carbonyl (C=O) groups is 1. The Hall–Kier alpha value is -1.96. The zero-order valence-corrected chi connectivity index (χ0v) is 18.9. The van der Waals surface area contributed by atoms with Crippen molar-refractivity contribution in [3.8, 4) is 5.75 Å². The lowest BCUT2D eigenvalue weighted by atomic mass is 9.90. The minimum atomic E-state index is -0.0846. The molecule has 0 atom stereocenters. The maximum Gasteiger partial charge on any atom is 0.240 e. The molecule has 1 saturated heterocycles. The van der Waals surface area contributed by atoms with Crippen LogP contribution in [0, 0.1) is 0 Å². The number of methoxy groups -OCH3 is 1. The number of hydrogen-bond acceptors (Lipinski definition) is 6. The summed E-state index contributed by atoms with van der Waals surface area (Å²) in [7, 11) is 3.79. The van der Waals surface area contributed by atoms with Gasteiger partial charge in [0.15, 0.2) is 5.13 Å². The van der Waals surface area contributed by atoms with E-state index in [9.17, 15) is 4.79 Å². The topological polar surface area (TPSA) is 57.7 Å². The molecule has 29 heavy (non-hydrogen) atoms. The molecule has 1 N–H and O–H groups in total. The maximum absolute atomic E-state index is 12.5. The molecule has 0 radical (unpaired) electrons. The molecule has 0 aliphatic carbocycles. The van der Waals surface area contributed by atoms with E-state index >= 15 is 0 Å². The van der Waals surface area contributed by atoms with Crippen molar-refractivity contribution in [2.75, 3.05) is 52.2 Å². The van der Waals surface area contributed by atoms with Crippen molar-refractivity contribution < 1.29 is 9.53 Å². The van der Waals surface area contributed by atoms with Crippen LogP contribution >= 0.6 is 11.3 Å². The zero-order valence-electron chi connectivity index (χ0n) is 18.1. The minimum Gasteiger partial charge on any atom is -0.497 e. The van der Waals surface area contributed by atoms with E-state index in [4.69, 9.17) is 9.72 Å². The molecule has 6 nitrogen and oxygen atoms in total. The number of aromatic nitrogens is 1. The lowest BCUT2D eigenvalue weighted by molar-refractivity contribution is -0.117. The molecule has 1 aliphatic heterocycles. The van der Waals surface area contributed by atoms with Crippen molar-refractivity contribution >= 4 is 22.4 Å². The number of hydrogen-bond donors (Lipinski definition) is 1. The van der Waals surface area contributed by atoms with E-state index in [0.717, 1.165) is 44.0 Å². The van der Waals surface area contributed by atoms with E-state index in [1.807, 2.05) is 12.1 Å². The van der Waals surface area contributed by atoms with Crippen molar-refractivity contribution in [1.29, 1.82) is 0 Å². The molecule has 0 saturated carbocycles. The summed E-state index contributed by atoms with van der Waals surface area (Å²) in [6.07, 6.45) is 0.794. The van der Waals surface area contributed by atoms with E-state index in [0.29, 0.717) is 11.7 Å². The Morgan fingerprint density at radius 2 is 1.83 bits per heavy atom. The highest BCUT2D eigenvalue weighted by atomic mass is 32.1. The zero-order chi connectivity index (χ0) is 21.0. The third-order valence-electron chi connectivity index (χ3n) is 5.14. The fourth-order valence-electron chi connectivity index (χ4n) is 3.41. The summed E-state index contributed by atoms with van der Waals surface area (Å²) < 4.78 is 5.25. The summed E-state index contributed by atoms with van der Waals surface area (Å²) in [5.74, 6) is 0.866. The Morgan fingerprint density at radius 1 is 1.17 bits per heavy atom. The molecule has 1 fully saturated rings. The van der Waals surface area contributed by atoms with Gasteiger partial charge in [-0.15, -0.1) is 11.3 Å². The number of piperazine rings is 1. The third-order valence-corrected chi connectivity index (χ3v) is 6.11. The number of benzene rings is 1. The van der Waals surface area contributed by atoms with Gasteiger partial charge in [-0.3, -0.25) is 9.69 Å². The van der Waals surface area contributed by atoms with Gasteiger partial charge in [0.05, 0.1) is 19.3 Å². The molecule has 2 aromatic rings. The van der Waals surface area contributed by atoms with Crippen LogP contribution < -0.4 is 10.1 Å². The Labute approximate surface area is 177 Å². The van der Waals surface area contributed by atoms with Gasteiger partial charge in [-0.05, 0) is 24.7 Å². The number of rotatable bonds is 6. The first-order valence-corrected chi connectivity index (χ1v) is 10.9. The van der Waals surface area contributed by atoms with Crippen LogP contribution in [0.2, 0.25) is 0 Å². The fraction of sp³-hybridized carbons (Fsp3) is 0.545. The molecular formula is C22H32N4O2S. The summed E-state index contributed by atoms with van der Waals surface area (Å²) in [6.45, 7) is 10.8. The number of carbonyl (C=O) groups excluding carboxylic acids is 1. The average molecular weight is 417 g/mol. The molecule has 0 unspecified atom stereocenters. The van der Waals surface area contributed by atoms with Crippen LogP contribution in [0.1, 0.15) is 36.9 Å². The first-order chi connectivity index (χ1) is 13.7. The molecule has 0 bridgehead atoms. The number of anilines is 1. The third kappa shape index (κ3) is 6.01. The van der Waals surface area contributed by atoms with Crippen molar-refractivity contribution in [1.82, 2.24) is 14.8 Å². The first kappa shape index (κ1) is 21.7. The van der Waals surface area contributed by atoms with Gasteiger partial charge >= 0.3 is 0 Å². The second-order valence-electron chi connectivity index (χ2n) is 8.69. The number of thiazole rings is 1. The van der Waals surface area contributed by atoms with Crippen molar-refractivity contribution in [2.45, 2.75) is 32.6 Å². The second-order valence-corrected chi connectivity index (χ2v) is 9.78. The van der Waals surface area contributed by atoms with Gasteiger partial charge in [0.1, 0.15) is 5.75 Å². The van der Waals surface area contributed by atoms with Crippen LogP contribution in [0.25, 0.3) is 0 Å². The van der Waals surface area contributed by atoms with Gasteiger partial charge in [-0.1, -0.05) is 32.9 Å². The highest BCUT2D eigenvalue weighted by Gasteiger charge is 2.24. The molecule has 0 spiro atoms. The number of amides is 1. The molecule has 1 aliphatic rings. The Bertz CT molecular complexity index is 818. The monoisotopic (exact) mass is 416 g/mol. The van der Waals surface area contributed by atoms with E-state index < -0.39 is 0 Å². The Morgan fingerprint density at radius 3 is 2.41 bits per heavy atom. The highest BCUT2D eigenvalue weighted by Crippen LogP contribution is 2.34.